The number of ether oxygens (including phenoxy) is 1. The molecular formula is C22H21F2N5O2. The van der Waals surface area contributed by atoms with Gasteiger partial charge in [0.25, 0.3) is 5.91 Å². The minimum Gasteiger partial charge on any atom is -0.477 e. The number of amides is 1. The first-order valence-corrected chi connectivity index (χ1v) is 10.3. The molecule has 5 rings (SSSR count). The summed E-state index contributed by atoms with van der Waals surface area (Å²) in [6.07, 6.45) is 7.73. The number of carbonyl (C=O) groups is 1. The number of pyridine rings is 1. The lowest BCUT2D eigenvalue weighted by Gasteiger charge is -2.40. The molecule has 0 saturated carbocycles. The third kappa shape index (κ3) is 3.75. The van der Waals surface area contributed by atoms with Crippen LogP contribution in [0.5, 0.6) is 5.88 Å². The average molecular weight is 425 g/mol. The van der Waals surface area contributed by atoms with E-state index in [1.165, 1.54) is 47.5 Å². The molecule has 1 amide bonds. The van der Waals surface area contributed by atoms with Crippen LogP contribution in [0.1, 0.15) is 36.0 Å². The summed E-state index contributed by atoms with van der Waals surface area (Å²) in [7, 11) is 0. The van der Waals surface area contributed by atoms with Gasteiger partial charge in [-0.05, 0) is 43.9 Å². The molecule has 9 heteroatoms. The van der Waals surface area contributed by atoms with E-state index < -0.39 is 11.6 Å². The van der Waals surface area contributed by atoms with Crippen molar-refractivity contribution in [3.05, 3.63) is 66.1 Å². The number of halogens is 2. The second kappa shape index (κ2) is 8.05. The molecule has 2 aliphatic heterocycles. The summed E-state index contributed by atoms with van der Waals surface area (Å²) in [4.78, 5) is 20.7. The summed E-state index contributed by atoms with van der Waals surface area (Å²) >= 11 is 0. The zero-order chi connectivity index (χ0) is 21.4. The second-order valence-corrected chi connectivity index (χ2v) is 7.95. The van der Waals surface area contributed by atoms with E-state index in [1.807, 2.05) is 4.90 Å². The number of fused-ring (bicyclic) bond motifs is 2. The molecule has 3 atom stereocenters. The van der Waals surface area contributed by atoms with Crippen molar-refractivity contribution in [1.29, 1.82) is 0 Å². The minimum atomic E-state index is -0.455. The third-order valence-electron chi connectivity index (χ3n) is 6.17. The molecule has 2 aromatic heterocycles. The molecule has 2 fully saturated rings. The van der Waals surface area contributed by atoms with Gasteiger partial charge in [0.2, 0.25) is 5.88 Å². The molecule has 1 unspecified atom stereocenters. The van der Waals surface area contributed by atoms with Gasteiger partial charge < -0.3 is 9.64 Å². The fourth-order valence-electron chi connectivity index (χ4n) is 4.74. The highest BCUT2D eigenvalue weighted by Gasteiger charge is 2.45. The summed E-state index contributed by atoms with van der Waals surface area (Å²) in [5.41, 5.74) is 0.694. The Morgan fingerprint density at radius 2 is 1.81 bits per heavy atom. The van der Waals surface area contributed by atoms with E-state index in [9.17, 15) is 13.6 Å². The molecule has 4 heterocycles. The minimum absolute atomic E-state index is 0.0233. The maximum atomic E-state index is 13.9. The van der Waals surface area contributed by atoms with Crippen LogP contribution in [-0.4, -0.2) is 49.5 Å². The molecule has 3 aromatic rings. The van der Waals surface area contributed by atoms with Gasteiger partial charge in [-0.15, -0.1) is 0 Å². The van der Waals surface area contributed by atoms with Crippen molar-refractivity contribution in [2.45, 2.75) is 37.8 Å². The van der Waals surface area contributed by atoms with Crippen LogP contribution in [-0.2, 0) is 0 Å². The summed E-state index contributed by atoms with van der Waals surface area (Å²) in [5, 5.41) is 8.14. The van der Waals surface area contributed by atoms with Gasteiger partial charge in [0.05, 0.1) is 30.8 Å². The van der Waals surface area contributed by atoms with Gasteiger partial charge in [-0.3, -0.25) is 4.79 Å². The Labute approximate surface area is 177 Å². The fourth-order valence-corrected chi connectivity index (χ4v) is 4.74. The molecule has 0 spiro atoms. The molecule has 7 nitrogen and oxygen atoms in total. The molecule has 0 aliphatic carbocycles. The van der Waals surface area contributed by atoms with Crippen LogP contribution < -0.4 is 4.74 Å². The predicted octanol–water partition coefficient (Wildman–Crippen LogP) is 3.40. The summed E-state index contributed by atoms with van der Waals surface area (Å²) in [5.74, 6) is -0.513. The first kappa shape index (κ1) is 19.6. The van der Waals surface area contributed by atoms with Crippen molar-refractivity contribution in [2.75, 3.05) is 6.61 Å². The molecule has 2 aliphatic rings. The Morgan fingerprint density at radius 1 is 1.03 bits per heavy atom. The standard InChI is InChI=1S/C22H21F2N5O2/c23-15-2-6-18(20(11-15)29-26-9-10-27-29)22(30)28-17-4-1-14(19(28)7-5-17)13-31-21-8-3-16(24)12-25-21/h2-3,6,8-12,14,17,19H,1,4-5,7,13H2/t14-,17-,19?/m1/s1. The van der Waals surface area contributed by atoms with E-state index in [4.69, 9.17) is 4.74 Å². The van der Waals surface area contributed by atoms with Crippen LogP contribution >= 0.6 is 0 Å². The molecule has 2 saturated heterocycles. The van der Waals surface area contributed by atoms with Crippen molar-refractivity contribution in [3.8, 4) is 11.6 Å². The van der Waals surface area contributed by atoms with Crippen molar-refractivity contribution in [1.82, 2.24) is 24.9 Å². The number of rotatable bonds is 5. The molecule has 0 N–H and O–H groups in total. The first-order chi connectivity index (χ1) is 15.1. The van der Waals surface area contributed by atoms with E-state index >= 15 is 0 Å². The van der Waals surface area contributed by atoms with Crippen LogP contribution in [0.25, 0.3) is 5.69 Å². The molecule has 160 valence electrons. The Hall–Kier alpha value is -3.36. The number of carbonyl (C=O) groups excluding carboxylic acids is 1. The maximum absolute atomic E-state index is 13.9. The SMILES string of the molecule is O=C(c1ccc(F)cc1-n1nccn1)N1C2CC[C@H]1CC[C@@H]2COc1ccc(F)cn1. The Morgan fingerprint density at radius 3 is 2.58 bits per heavy atom. The van der Waals surface area contributed by atoms with Gasteiger partial charge in [-0.25, -0.2) is 13.8 Å². The summed E-state index contributed by atoms with van der Waals surface area (Å²) in [6, 6.07) is 7.05. The highest BCUT2D eigenvalue weighted by atomic mass is 19.1. The zero-order valence-electron chi connectivity index (χ0n) is 16.7. The number of benzene rings is 1. The van der Waals surface area contributed by atoms with Gasteiger partial charge in [0.15, 0.2) is 0 Å². The Bertz CT molecular complexity index is 1070. The van der Waals surface area contributed by atoms with Crippen LogP contribution in [0.3, 0.4) is 0 Å². The van der Waals surface area contributed by atoms with Gasteiger partial charge in [-0.1, -0.05) is 0 Å². The summed E-state index contributed by atoms with van der Waals surface area (Å²) in [6.45, 7) is 0.400. The van der Waals surface area contributed by atoms with Gasteiger partial charge in [0, 0.05) is 30.1 Å². The fraction of sp³-hybridized carbons (Fsp3) is 0.364. The number of hydrogen-bond donors (Lipinski definition) is 0. The van der Waals surface area contributed by atoms with E-state index in [-0.39, 0.29) is 23.9 Å². The first-order valence-electron chi connectivity index (χ1n) is 10.3. The Balaban J connectivity index is 1.38. The van der Waals surface area contributed by atoms with Gasteiger partial charge >= 0.3 is 0 Å². The molecule has 1 aromatic carbocycles. The van der Waals surface area contributed by atoms with Crippen LogP contribution in [0.4, 0.5) is 8.78 Å². The third-order valence-corrected chi connectivity index (χ3v) is 6.17. The van der Waals surface area contributed by atoms with E-state index in [0.29, 0.717) is 23.7 Å². The normalized spacial score (nSPS) is 22.5. The van der Waals surface area contributed by atoms with Gasteiger partial charge in [-0.2, -0.15) is 15.0 Å². The van der Waals surface area contributed by atoms with E-state index in [2.05, 4.69) is 15.2 Å². The van der Waals surface area contributed by atoms with Crippen molar-refractivity contribution >= 4 is 5.91 Å². The molecule has 31 heavy (non-hydrogen) atoms. The van der Waals surface area contributed by atoms with E-state index in [1.54, 1.807) is 0 Å². The highest BCUT2D eigenvalue weighted by Crippen LogP contribution is 2.40. The molecule has 0 radical (unpaired) electrons. The highest BCUT2D eigenvalue weighted by molar-refractivity contribution is 5.98. The largest absolute Gasteiger partial charge is 0.477 e. The van der Waals surface area contributed by atoms with Crippen LogP contribution in [0.15, 0.2) is 48.9 Å². The monoisotopic (exact) mass is 425 g/mol. The predicted molar refractivity (Wildman–Crippen MR) is 107 cm³/mol. The Kier molecular flexibility index (Phi) is 5.09. The quantitative estimate of drug-likeness (QED) is 0.627. The van der Waals surface area contributed by atoms with Crippen molar-refractivity contribution in [2.24, 2.45) is 5.92 Å². The second-order valence-electron chi connectivity index (χ2n) is 7.95. The van der Waals surface area contributed by atoms with Crippen LogP contribution in [0, 0.1) is 17.6 Å². The maximum Gasteiger partial charge on any atom is 0.256 e. The lowest BCUT2D eigenvalue weighted by atomic mass is 9.90. The van der Waals surface area contributed by atoms with Crippen molar-refractivity contribution in [3.63, 3.8) is 0 Å². The number of aromatic nitrogens is 4. The van der Waals surface area contributed by atoms with Crippen molar-refractivity contribution < 1.29 is 18.3 Å². The molecular weight excluding hydrogens is 404 g/mol. The number of hydrogen-bond acceptors (Lipinski definition) is 5. The lowest BCUT2D eigenvalue weighted by Crippen LogP contribution is -2.49. The summed E-state index contributed by atoms with van der Waals surface area (Å²) < 4.78 is 32.8. The van der Waals surface area contributed by atoms with Crippen LogP contribution in [0.2, 0.25) is 0 Å². The zero-order valence-corrected chi connectivity index (χ0v) is 16.7. The molecule has 2 bridgehead atoms. The smallest absolute Gasteiger partial charge is 0.256 e. The topological polar surface area (TPSA) is 73.1 Å². The van der Waals surface area contributed by atoms with Gasteiger partial charge in [0.1, 0.15) is 17.3 Å². The average Bonchev–Trinajstić information content (AvgIpc) is 3.41. The number of piperidine rings is 1. The lowest BCUT2D eigenvalue weighted by molar-refractivity contribution is 0.0403. The number of nitrogens with zero attached hydrogens (tertiary/aromatic N) is 5. The van der Waals surface area contributed by atoms with E-state index in [0.717, 1.165) is 31.9 Å².